The van der Waals surface area contributed by atoms with Gasteiger partial charge in [0, 0.05) is 17.1 Å². The lowest BCUT2D eigenvalue weighted by Gasteiger charge is -2.01. The molecule has 3 rings (SSSR count). The molecule has 0 aliphatic carbocycles. The first kappa shape index (κ1) is 11.6. The van der Waals surface area contributed by atoms with Crippen LogP contribution in [0.15, 0.2) is 60.8 Å². The molecular weight excluding hydrogens is 237 g/mol. The van der Waals surface area contributed by atoms with Crippen molar-refractivity contribution in [1.29, 1.82) is 0 Å². The lowest BCUT2D eigenvalue weighted by molar-refractivity contribution is 0.625. The highest BCUT2D eigenvalue weighted by atomic mass is 19.1. The summed E-state index contributed by atoms with van der Waals surface area (Å²) in [4.78, 5) is 4.34. The smallest absolute Gasteiger partial charge is 0.130 e. The van der Waals surface area contributed by atoms with Crippen LogP contribution in [-0.4, -0.2) is 4.98 Å². The second kappa shape index (κ2) is 5.02. The van der Waals surface area contributed by atoms with Crippen LogP contribution in [0.1, 0.15) is 11.3 Å². The van der Waals surface area contributed by atoms with Crippen molar-refractivity contribution in [3.05, 3.63) is 77.9 Å². The maximum atomic E-state index is 13.5. The normalized spacial score (nSPS) is 11.2. The molecule has 2 heteroatoms. The van der Waals surface area contributed by atoms with E-state index in [1.807, 2.05) is 42.5 Å². The minimum atomic E-state index is -0.223. The number of fused-ring (bicyclic) bond motifs is 1. The average Bonchev–Trinajstić information content (AvgIpc) is 2.46. The van der Waals surface area contributed by atoms with Gasteiger partial charge in [-0.15, -0.1) is 0 Å². The molecule has 0 atom stereocenters. The minimum Gasteiger partial charge on any atom is -0.256 e. The third-order valence-corrected chi connectivity index (χ3v) is 3.03. The fraction of sp³-hybridized carbons (Fsp3) is 0. The fourth-order valence-electron chi connectivity index (χ4n) is 2.05. The third-order valence-electron chi connectivity index (χ3n) is 3.03. The average molecular weight is 249 g/mol. The van der Waals surface area contributed by atoms with Crippen molar-refractivity contribution in [1.82, 2.24) is 4.98 Å². The van der Waals surface area contributed by atoms with Gasteiger partial charge in [-0.1, -0.05) is 42.5 Å². The van der Waals surface area contributed by atoms with Crippen LogP contribution < -0.4 is 0 Å². The predicted molar refractivity (Wildman–Crippen MR) is 77.1 cm³/mol. The molecule has 1 aromatic heterocycles. The van der Waals surface area contributed by atoms with E-state index >= 15 is 0 Å². The zero-order valence-electron chi connectivity index (χ0n) is 10.3. The Balaban J connectivity index is 2.04. The first-order valence-electron chi connectivity index (χ1n) is 6.11. The molecule has 0 saturated carbocycles. The summed E-state index contributed by atoms with van der Waals surface area (Å²) in [6.45, 7) is 0. The molecule has 0 N–H and O–H groups in total. The van der Waals surface area contributed by atoms with Crippen LogP contribution in [-0.2, 0) is 0 Å². The molecule has 0 radical (unpaired) electrons. The Bertz CT molecular complexity index is 742. The van der Waals surface area contributed by atoms with E-state index in [2.05, 4.69) is 4.98 Å². The van der Waals surface area contributed by atoms with Crippen LogP contribution in [0.2, 0.25) is 0 Å². The molecule has 1 heterocycles. The van der Waals surface area contributed by atoms with Gasteiger partial charge in [-0.3, -0.25) is 4.98 Å². The number of benzene rings is 2. The van der Waals surface area contributed by atoms with Crippen LogP contribution in [0.4, 0.5) is 4.39 Å². The van der Waals surface area contributed by atoms with Crippen LogP contribution >= 0.6 is 0 Å². The standard InChI is InChI=1S/C17H12FN/c18-16-8-4-2-6-14(16)9-10-17-15-7-3-1-5-13(15)11-12-19-17/h1-12H/b10-9+. The van der Waals surface area contributed by atoms with Gasteiger partial charge in [0.15, 0.2) is 0 Å². The largest absolute Gasteiger partial charge is 0.256 e. The molecule has 0 amide bonds. The monoisotopic (exact) mass is 249 g/mol. The van der Waals surface area contributed by atoms with E-state index < -0.39 is 0 Å². The number of hydrogen-bond donors (Lipinski definition) is 0. The van der Waals surface area contributed by atoms with Crippen LogP contribution in [0.3, 0.4) is 0 Å². The quantitative estimate of drug-likeness (QED) is 0.649. The van der Waals surface area contributed by atoms with Gasteiger partial charge in [0.2, 0.25) is 0 Å². The van der Waals surface area contributed by atoms with Crippen molar-refractivity contribution < 1.29 is 4.39 Å². The van der Waals surface area contributed by atoms with Crippen molar-refractivity contribution in [2.75, 3.05) is 0 Å². The first-order chi connectivity index (χ1) is 9.34. The van der Waals surface area contributed by atoms with E-state index in [9.17, 15) is 4.39 Å². The maximum Gasteiger partial charge on any atom is 0.130 e. The first-order valence-corrected chi connectivity index (χ1v) is 6.11. The van der Waals surface area contributed by atoms with Gasteiger partial charge in [0.05, 0.1) is 5.69 Å². The molecule has 1 nitrogen and oxygen atoms in total. The number of rotatable bonds is 2. The van der Waals surface area contributed by atoms with E-state index in [0.717, 1.165) is 16.5 Å². The number of hydrogen-bond acceptors (Lipinski definition) is 1. The SMILES string of the molecule is Fc1ccccc1/C=C/c1nccc2ccccc12. The topological polar surface area (TPSA) is 12.9 Å². The van der Waals surface area contributed by atoms with Crippen LogP contribution in [0.25, 0.3) is 22.9 Å². The van der Waals surface area contributed by atoms with E-state index in [4.69, 9.17) is 0 Å². The van der Waals surface area contributed by atoms with Gasteiger partial charge in [-0.05, 0) is 29.7 Å². The summed E-state index contributed by atoms with van der Waals surface area (Å²) < 4.78 is 13.5. The molecule has 0 unspecified atom stereocenters. The highest BCUT2D eigenvalue weighted by molar-refractivity contribution is 5.91. The maximum absolute atomic E-state index is 13.5. The van der Waals surface area contributed by atoms with E-state index in [1.54, 1.807) is 24.4 Å². The molecule has 3 aromatic rings. The Labute approximate surface area is 111 Å². The predicted octanol–water partition coefficient (Wildman–Crippen LogP) is 4.54. The molecule has 0 spiro atoms. The minimum absolute atomic E-state index is 0.223. The van der Waals surface area contributed by atoms with E-state index in [-0.39, 0.29) is 5.82 Å². The Morgan fingerprint density at radius 1 is 0.842 bits per heavy atom. The number of pyridine rings is 1. The summed E-state index contributed by atoms with van der Waals surface area (Å²) in [7, 11) is 0. The molecular formula is C17H12FN. The zero-order chi connectivity index (χ0) is 13.1. The van der Waals surface area contributed by atoms with E-state index in [0.29, 0.717) is 5.56 Å². The lowest BCUT2D eigenvalue weighted by Crippen LogP contribution is -1.84. The van der Waals surface area contributed by atoms with Crippen LogP contribution in [0, 0.1) is 5.82 Å². The molecule has 19 heavy (non-hydrogen) atoms. The number of aromatic nitrogens is 1. The summed E-state index contributed by atoms with van der Waals surface area (Å²) in [5.41, 5.74) is 1.42. The Morgan fingerprint density at radius 3 is 2.53 bits per heavy atom. The van der Waals surface area contributed by atoms with Crippen molar-refractivity contribution in [2.24, 2.45) is 0 Å². The highest BCUT2D eigenvalue weighted by Gasteiger charge is 1.99. The second-order valence-corrected chi connectivity index (χ2v) is 4.27. The molecule has 0 aliphatic rings. The Hall–Kier alpha value is -2.48. The summed E-state index contributed by atoms with van der Waals surface area (Å²) in [6, 6.07) is 16.7. The van der Waals surface area contributed by atoms with Gasteiger partial charge < -0.3 is 0 Å². The Morgan fingerprint density at radius 2 is 1.63 bits per heavy atom. The lowest BCUT2D eigenvalue weighted by atomic mass is 10.1. The summed E-state index contributed by atoms with van der Waals surface area (Å²) >= 11 is 0. The van der Waals surface area contributed by atoms with Crippen molar-refractivity contribution in [2.45, 2.75) is 0 Å². The second-order valence-electron chi connectivity index (χ2n) is 4.27. The van der Waals surface area contributed by atoms with E-state index in [1.165, 1.54) is 6.07 Å². The fourth-order valence-corrected chi connectivity index (χ4v) is 2.05. The van der Waals surface area contributed by atoms with Gasteiger partial charge in [-0.2, -0.15) is 0 Å². The number of halogens is 1. The summed E-state index contributed by atoms with van der Waals surface area (Å²) in [6.07, 6.45) is 5.37. The Kier molecular flexibility index (Phi) is 3.07. The summed E-state index contributed by atoms with van der Waals surface area (Å²) in [5, 5.41) is 2.20. The molecule has 0 fully saturated rings. The van der Waals surface area contributed by atoms with Crippen molar-refractivity contribution in [3.63, 3.8) is 0 Å². The van der Waals surface area contributed by atoms with Gasteiger partial charge in [-0.25, -0.2) is 4.39 Å². The third kappa shape index (κ3) is 2.38. The van der Waals surface area contributed by atoms with Crippen molar-refractivity contribution >= 4 is 22.9 Å². The molecule has 92 valence electrons. The molecule has 0 saturated heterocycles. The number of nitrogens with zero attached hydrogens (tertiary/aromatic N) is 1. The van der Waals surface area contributed by atoms with Gasteiger partial charge in [0.25, 0.3) is 0 Å². The highest BCUT2D eigenvalue weighted by Crippen LogP contribution is 2.19. The zero-order valence-corrected chi connectivity index (χ0v) is 10.3. The van der Waals surface area contributed by atoms with Crippen molar-refractivity contribution in [3.8, 4) is 0 Å². The molecule has 2 aromatic carbocycles. The molecule has 0 bridgehead atoms. The summed E-state index contributed by atoms with van der Waals surface area (Å²) in [5.74, 6) is -0.223. The van der Waals surface area contributed by atoms with Gasteiger partial charge in [0.1, 0.15) is 5.82 Å². The van der Waals surface area contributed by atoms with Crippen LogP contribution in [0.5, 0.6) is 0 Å². The molecule has 0 aliphatic heterocycles. The van der Waals surface area contributed by atoms with Gasteiger partial charge >= 0.3 is 0 Å².